The van der Waals surface area contributed by atoms with Gasteiger partial charge in [-0.25, -0.2) is 9.78 Å². The Kier molecular flexibility index (Phi) is 5.81. The number of furan rings is 1. The number of aromatic nitrogens is 2. The second-order valence-electron chi connectivity index (χ2n) is 7.62. The highest BCUT2D eigenvalue weighted by atomic mass is 35.5. The Morgan fingerprint density at radius 2 is 2.00 bits per heavy atom. The van der Waals surface area contributed by atoms with Crippen molar-refractivity contribution in [2.24, 2.45) is 0 Å². The molecule has 1 aliphatic carbocycles. The molecule has 2 aromatic heterocycles. The van der Waals surface area contributed by atoms with Gasteiger partial charge in [-0.1, -0.05) is 19.3 Å². The van der Waals surface area contributed by atoms with Crippen molar-refractivity contribution in [3.05, 3.63) is 52.7 Å². The zero-order valence-electron chi connectivity index (χ0n) is 16.8. The Hall–Kier alpha value is -2.80. The fourth-order valence-electron chi connectivity index (χ4n) is 4.21. The minimum Gasteiger partial charge on any atom is -0.475 e. The number of benzene rings is 1. The summed E-state index contributed by atoms with van der Waals surface area (Å²) in [5, 5.41) is 9.52. The number of hydrogen-bond donors (Lipinski definition) is 1. The Balaban J connectivity index is 1.65. The topological polar surface area (TPSA) is 88.6 Å². The van der Waals surface area contributed by atoms with Crippen LogP contribution in [0.2, 0.25) is 5.28 Å². The van der Waals surface area contributed by atoms with Gasteiger partial charge in [0.25, 0.3) is 5.91 Å². The van der Waals surface area contributed by atoms with Gasteiger partial charge in [0.05, 0.1) is 17.6 Å². The molecule has 0 unspecified atom stereocenters. The van der Waals surface area contributed by atoms with Crippen LogP contribution in [0, 0.1) is 0 Å². The molecule has 158 valence electrons. The van der Waals surface area contributed by atoms with Crippen molar-refractivity contribution in [1.82, 2.24) is 14.5 Å². The van der Waals surface area contributed by atoms with Crippen LogP contribution in [0.15, 0.2) is 34.7 Å². The van der Waals surface area contributed by atoms with Gasteiger partial charge in [-0.15, -0.1) is 0 Å². The Bertz CT molecular complexity index is 1080. The number of aromatic carboxylic acids is 1. The first kappa shape index (κ1) is 20.5. The lowest BCUT2D eigenvalue weighted by Gasteiger charge is -2.34. The summed E-state index contributed by atoms with van der Waals surface area (Å²) in [5.41, 5.74) is 2.11. The molecule has 4 rings (SSSR count). The quantitative estimate of drug-likeness (QED) is 0.597. The molecule has 7 nitrogen and oxygen atoms in total. The first-order valence-corrected chi connectivity index (χ1v) is 10.6. The molecule has 3 aromatic rings. The summed E-state index contributed by atoms with van der Waals surface area (Å²) in [7, 11) is 0. The van der Waals surface area contributed by atoms with Crippen molar-refractivity contribution in [2.75, 3.05) is 0 Å². The van der Waals surface area contributed by atoms with E-state index in [0.29, 0.717) is 28.7 Å². The number of hydrogen-bond acceptors (Lipinski definition) is 4. The molecule has 0 spiro atoms. The Morgan fingerprint density at radius 3 is 2.67 bits per heavy atom. The average molecular weight is 430 g/mol. The van der Waals surface area contributed by atoms with Gasteiger partial charge in [0.15, 0.2) is 0 Å². The van der Waals surface area contributed by atoms with E-state index in [1.54, 1.807) is 18.2 Å². The number of carboxylic acids is 1. The third kappa shape index (κ3) is 3.94. The minimum absolute atomic E-state index is 0.0945. The molecule has 1 N–H and O–H groups in total. The van der Waals surface area contributed by atoms with Gasteiger partial charge < -0.3 is 19.0 Å². The summed E-state index contributed by atoms with van der Waals surface area (Å²) >= 11 is 6.22. The van der Waals surface area contributed by atoms with E-state index >= 15 is 0 Å². The third-order valence-electron chi connectivity index (χ3n) is 5.74. The van der Waals surface area contributed by atoms with Crippen LogP contribution < -0.4 is 0 Å². The molecule has 30 heavy (non-hydrogen) atoms. The molecular formula is C22H24ClN3O4. The molecule has 0 radical (unpaired) electrons. The summed E-state index contributed by atoms with van der Waals surface area (Å²) < 4.78 is 7.32. The lowest BCUT2D eigenvalue weighted by atomic mass is 9.93. The highest BCUT2D eigenvalue weighted by molar-refractivity contribution is 6.29. The van der Waals surface area contributed by atoms with E-state index in [1.807, 2.05) is 22.5 Å². The first-order chi connectivity index (χ1) is 14.5. The van der Waals surface area contributed by atoms with Gasteiger partial charge in [0, 0.05) is 18.2 Å². The van der Waals surface area contributed by atoms with Gasteiger partial charge in [-0.3, -0.25) is 4.79 Å². The molecular weight excluding hydrogens is 406 g/mol. The number of imidazole rings is 1. The van der Waals surface area contributed by atoms with Crippen LogP contribution >= 0.6 is 11.6 Å². The molecule has 0 atom stereocenters. The number of fused-ring (bicyclic) bond motifs is 1. The smallest absolute Gasteiger partial charge is 0.371 e. The van der Waals surface area contributed by atoms with Crippen molar-refractivity contribution < 1.29 is 19.1 Å². The number of amides is 1. The van der Waals surface area contributed by atoms with Gasteiger partial charge in [-0.2, -0.15) is 0 Å². The van der Waals surface area contributed by atoms with Gasteiger partial charge in [-0.05, 0) is 61.7 Å². The summed E-state index contributed by atoms with van der Waals surface area (Å²) in [5.74, 6) is -0.891. The maximum atomic E-state index is 13.5. The molecule has 8 heteroatoms. The summed E-state index contributed by atoms with van der Waals surface area (Å²) in [6.07, 6.45) is 5.17. The number of carboxylic acid groups (broad SMARTS) is 1. The molecule has 2 heterocycles. The minimum atomic E-state index is -1.12. The van der Waals surface area contributed by atoms with E-state index in [9.17, 15) is 9.59 Å². The van der Waals surface area contributed by atoms with Crippen LogP contribution in [0.4, 0.5) is 0 Å². The zero-order valence-corrected chi connectivity index (χ0v) is 17.6. The van der Waals surface area contributed by atoms with Crippen LogP contribution in [0.5, 0.6) is 0 Å². The standard InChI is InChI=1S/C22H24ClN3O4/c1-2-25-18-10-8-14(12-17(18)24-22(25)23)20(27)26(15-6-4-3-5-7-15)13-16-9-11-19(30-16)21(28)29/h8-12,15H,2-7,13H2,1H3,(H,28,29). The van der Waals surface area contributed by atoms with Crippen LogP contribution in [-0.4, -0.2) is 37.5 Å². The zero-order chi connectivity index (χ0) is 21.3. The van der Waals surface area contributed by atoms with Crippen LogP contribution in [0.25, 0.3) is 11.0 Å². The summed E-state index contributed by atoms with van der Waals surface area (Å²) in [6, 6.07) is 8.59. The Morgan fingerprint density at radius 1 is 1.23 bits per heavy atom. The molecule has 1 aromatic carbocycles. The predicted octanol–water partition coefficient (Wildman–Crippen LogP) is 4.98. The highest BCUT2D eigenvalue weighted by Crippen LogP contribution is 2.28. The summed E-state index contributed by atoms with van der Waals surface area (Å²) in [4.78, 5) is 30.8. The molecule has 1 saturated carbocycles. The lowest BCUT2D eigenvalue weighted by Crippen LogP contribution is -2.40. The van der Waals surface area contributed by atoms with Crippen molar-refractivity contribution in [3.8, 4) is 0 Å². The Labute approximate surface area is 179 Å². The van der Waals surface area contributed by atoms with E-state index in [0.717, 1.165) is 31.2 Å². The number of rotatable bonds is 6. The average Bonchev–Trinajstić information content (AvgIpc) is 3.35. The number of carbonyl (C=O) groups excluding carboxylic acids is 1. The van der Waals surface area contributed by atoms with Crippen molar-refractivity contribution in [2.45, 2.75) is 58.2 Å². The van der Waals surface area contributed by atoms with Crippen molar-refractivity contribution in [3.63, 3.8) is 0 Å². The largest absolute Gasteiger partial charge is 0.475 e. The molecule has 1 aliphatic rings. The van der Waals surface area contributed by atoms with Crippen LogP contribution in [-0.2, 0) is 13.1 Å². The lowest BCUT2D eigenvalue weighted by molar-refractivity contribution is 0.0590. The third-order valence-corrected chi connectivity index (χ3v) is 6.03. The normalized spacial score (nSPS) is 14.9. The van der Waals surface area contributed by atoms with Crippen LogP contribution in [0.1, 0.15) is 65.7 Å². The highest BCUT2D eigenvalue weighted by Gasteiger charge is 2.28. The van der Waals surface area contributed by atoms with Gasteiger partial charge in [0.2, 0.25) is 11.0 Å². The van der Waals surface area contributed by atoms with Crippen LogP contribution in [0.3, 0.4) is 0 Å². The molecule has 1 amide bonds. The van der Waals surface area contributed by atoms with E-state index in [1.165, 1.54) is 12.5 Å². The molecule has 0 bridgehead atoms. The monoisotopic (exact) mass is 429 g/mol. The van der Waals surface area contributed by atoms with E-state index in [2.05, 4.69) is 4.98 Å². The summed E-state index contributed by atoms with van der Waals surface area (Å²) in [6.45, 7) is 2.92. The van der Waals surface area contributed by atoms with Gasteiger partial charge in [0.1, 0.15) is 5.76 Å². The molecule has 0 aliphatic heterocycles. The molecule has 1 fully saturated rings. The molecule has 0 saturated heterocycles. The fraction of sp³-hybridized carbons (Fsp3) is 0.409. The SMILES string of the molecule is CCn1c(Cl)nc2cc(C(=O)N(Cc3ccc(C(=O)O)o3)C3CCCCC3)ccc21. The van der Waals surface area contributed by atoms with E-state index in [-0.39, 0.29) is 24.3 Å². The number of carbonyl (C=O) groups is 2. The van der Waals surface area contributed by atoms with Crippen molar-refractivity contribution >= 4 is 34.5 Å². The maximum Gasteiger partial charge on any atom is 0.371 e. The number of nitrogens with zero attached hydrogens (tertiary/aromatic N) is 3. The van der Waals surface area contributed by atoms with E-state index < -0.39 is 5.97 Å². The first-order valence-electron chi connectivity index (χ1n) is 10.3. The van der Waals surface area contributed by atoms with Gasteiger partial charge >= 0.3 is 5.97 Å². The maximum absolute atomic E-state index is 13.5. The number of halogens is 1. The fourth-order valence-corrected chi connectivity index (χ4v) is 4.51. The van der Waals surface area contributed by atoms with Crippen molar-refractivity contribution in [1.29, 1.82) is 0 Å². The second-order valence-corrected chi connectivity index (χ2v) is 7.96. The number of aryl methyl sites for hydroxylation is 1. The van der Waals surface area contributed by atoms with E-state index in [4.69, 9.17) is 21.1 Å². The second kappa shape index (κ2) is 8.52. The predicted molar refractivity (Wildman–Crippen MR) is 113 cm³/mol.